The SMILES string of the molecule is NCc1cc(F)cc(COc2ccc(F)c(Cl)c2)c1. The number of rotatable bonds is 4. The van der Waals surface area contributed by atoms with Gasteiger partial charge in [0.25, 0.3) is 0 Å². The quantitative estimate of drug-likeness (QED) is 0.929. The molecule has 0 fully saturated rings. The maximum Gasteiger partial charge on any atom is 0.142 e. The first kappa shape index (κ1) is 13.8. The molecule has 0 aromatic heterocycles. The summed E-state index contributed by atoms with van der Waals surface area (Å²) in [6.45, 7) is 0.417. The fourth-order valence-electron chi connectivity index (χ4n) is 1.65. The van der Waals surface area contributed by atoms with Crippen LogP contribution in [0.2, 0.25) is 5.02 Å². The highest BCUT2D eigenvalue weighted by Gasteiger charge is 2.04. The predicted molar refractivity (Wildman–Crippen MR) is 70.0 cm³/mol. The molecule has 2 nitrogen and oxygen atoms in total. The number of hydrogen-bond donors (Lipinski definition) is 1. The monoisotopic (exact) mass is 283 g/mol. The minimum atomic E-state index is -0.509. The number of hydrogen-bond acceptors (Lipinski definition) is 2. The minimum Gasteiger partial charge on any atom is -0.489 e. The van der Waals surface area contributed by atoms with Crippen molar-refractivity contribution in [1.82, 2.24) is 0 Å². The Bertz CT molecular complexity index is 590. The Morgan fingerprint density at radius 1 is 1.05 bits per heavy atom. The van der Waals surface area contributed by atoms with Gasteiger partial charge in [0.15, 0.2) is 0 Å². The van der Waals surface area contributed by atoms with E-state index in [0.29, 0.717) is 16.9 Å². The standard InChI is InChI=1S/C14H12ClF2NO/c15-13-6-12(1-2-14(13)17)19-8-10-3-9(7-18)4-11(16)5-10/h1-6H,7-8,18H2. The lowest BCUT2D eigenvalue weighted by Crippen LogP contribution is -2.01. The zero-order chi connectivity index (χ0) is 13.8. The second kappa shape index (κ2) is 5.99. The normalized spacial score (nSPS) is 10.5. The van der Waals surface area contributed by atoms with Gasteiger partial charge in [0, 0.05) is 12.6 Å². The summed E-state index contributed by atoms with van der Waals surface area (Å²) in [7, 11) is 0. The van der Waals surface area contributed by atoms with Crippen LogP contribution in [0.1, 0.15) is 11.1 Å². The van der Waals surface area contributed by atoms with E-state index in [2.05, 4.69) is 0 Å². The van der Waals surface area contributed by atoms with Crippen LogP contribution in [-0.2, 0) is 13.2 Å². The van der Waals surface area contributed by atoms with Crippen molar-refractivity contribution in [2.75, 3.05) is 0 Å². The first-order valence-electron chi connectivity index (χ1n) is 5.65. The van der Waals surface area contributed by atoms with Gasteiger partial charge in [-0.2, -0.15) is 0 Å². The number of halogens is 3. The van der Waals surface area contributed by atoms with E-state index in [4.69, 9.17) is 22.1 Å². The molecule has 2 rings (SSSR count). The van der Waals surface area contributed by atoms with Crippen LogP contribution in [0.25, 0.3) is 0 Å². The van der Waals surface area contributed by atoms with Crippen molar-refractivity contribution in [1.29, 1.82) is 0 Å². The summed E-state index contributed by atoms with van der Waals surface area (Å²) in [5.41, 5.74) is 6.81. The Hall–Kier alpha value is -1.65. The third-order valence-electron chi connectivity index (χ3n) is 2.55. The third kappa shape index (κ3) is 3.66. The van der Waals surface area contributed by atoms with Crippen molar-refractivity contribution in [2.24, 2.45) is 5.73 Å². The van der Waals surface area contributed by atoms with Crippen molar-refractivity contribution in [3.8, 4) is 5.75 Å². The Morgan fingerprint density at radius 3 is 2.47 bits per heavy atom. The molecule has 2 N–H and O–H groups in total. The van der Waals surface area contributed by atoms with Crippen LogP contribution in [0.15, 0.2) is 36.4 Å². The van der Waals surface area contributed by atoms with E-state index in [9.17, 15) is 8.78 Å². The molecule has 0 bridgehead atoms. The summed E-state index contributed by atoms with van der Waals surface area (Å²) in [6.07, 6.45) is 0. The molecule has 0 radical (unpaired) electrons. The molecule has 0 unspecified atom stereocenters. The van der Waals surface area contributed by atoms with Gasteiger partial charge in [0.1, 0.15) is 24.0 Å². The Labute approximate surface area is 114 Å². The summed E-state index contributed by atoms with van der Waals surface area (Å²) in [4.78, 5) is 0. The Balaban J connectivity index is 2.09. The van der Waals surface area contributed by atoms with Crippen LogP contribution in [0.3, 0.4) is 0 Å². The van der Waals surface area contributed by atoms with E-state index in [1.807, 2.05) is 0 Å². The molecule has 0 saturated carbocycles. The predicted octanol–water partition coefficient (Wildman–Crippen LogP) is 3.66. The van der Waals surface area contributed by atoms with Gasteiger partial charge < -0.3 is 10.5 Å². The fourth-order valence-corrected chi connectivity index (χ4v) is 1.82. The lowest BCUT2D eigenvalue weighted by molar-refractivity contribution is 0.305. The molecule has 0 spiro atoms. The molecular weight excluding hydrogens is 272 g/mol. The number of ether oxygens (including phenoxy) is 1. The maximum atomic E-state index is 13.3. The summed E-state index contributed by atoms with van der Waals surface area (Å²) in [5.74, 6) is -0.450. The summed E-state index contributed by atoms with van der Waals surface area (Å²) >= 11 is 5.64. The van der Waals surface area contributed by atoms with Gasteiger partial charge in [-0.15, -0.1) is 0 Å². The van der Waals surface area contributed by atoms with E-state index in [1.54, 1.807) is 6.07 Å². The van der Waals surface area contributed by atoms with Gasteiger partial charge in [-0.05, 0) is 35.4 Å². The first-order chi connectivity index (χ1) is 9.08. The second-order valence-electron chi connectivity index (χ2n) is 4.04. The summed E-state index contributed by atoms with van der Waals surface area (Å²) < 4.78 is 31.7. The van der Waals surface area contributed by atoms with Gasteiger partial charge >= 0.3 is 0 Å². The van der Waals surface area contributed by atoms with Gasteiger partial charge in [-0.25, -0.2) is 8.78 Å². The topological polar surface area (TPSA) is 35.2 Å². The highest BCUT2D eigenvalue weighted by molar-refractivity contribution is 6.30. The van der Waals surface area contributed by atoms with Crippen LogP contribution < -0.4 is 10.5 Å². The smallest absolute Gasteiger partial charge is 0.142 e. The zero-order valence-corrected chi connectivity index (χ0v) is 10.8. The van der Waals surface area contributed by atoms with Crippen LogP contribution in [-0.4, -0.2) is 0 Å². The molecule has 0 amide bonds. The molecule has 0 aliphatic rings. The van der Waals surface area contributed by atoms with Crippen molar-refractivity contribution >= 4 is 11.6 Å². The number of benzene rings is 2. The van der Waals surface area contributed by atoms with E-state index in [0.717, 1.165) is 0 Å². The molecule has 19 heavy (non-hydrogen) atoms. The molecule has 2 aromatic carbocycles. The van der Waals surface area contributed by atoms with Crippen LogP contribution in [0, 0.1) is 11.6 Å². The summed E-state index contributed by atoms with van der Waals surface area (Å²) in [6, 6.07) is 8.55. The lowest BCUT2D eigenvalue weighted by atomic mass is 10.1. The van der Waals surface area contributed by atoms with Gasteiger partial charge in [-0.1, -0.05) is 17.7 Å². The van der Waals surface area contributed by atoms with Gasteiger partial charge in [0.2, 0.25) is 0 Å². The highest BCUT2D eigenvalue weighted by atomic mass is 35.5. The van der Waals surface area contributed by atoms with Crippen molar-refractivity contribution in [3.63, 3.8) is 0 Å². The first-order valence-corrected chi connectivity index (χ1v) is 6.02. The van der Waals surface area contributed by atoms with Crippen molar-refractivity contribution in [2.45, 2.75) is 13.2 Å². The molecule has 0 aliphatic heterocycles. The number of nitrogens with two attached hydrogens (primary N) is 1. The molecule has 0 atom stereocenters. The van der Waals surface area contributed by atoms with Gasteiger partial charge in [-0.3, -0.25) is 0 Å². The van der Waals surface area contributed by atoms with Crippen LogP contribution in [0.5, 0.6) is 5.75 Å². The fraction of sp³-hybridized carbons (Fsp3) is 0.143. The summed E-state index contributed by atoms with van der Waals surface area (Å²) in [5, 5.41) is -0.0145. The molecule has 0 heterocycles. The Kier molecular flexibility index (Phi) is 4.35. The maximum absolute atomic E-state index is 13.3. The second-order valence-corrected chi connectivity index (χ2v) is 4.44. The van der Waals surface area contributed by atoms with Crippen molar-refractivity contribution < 1.29 is 13.5 Å². The van der Waals surface area contributed by atoms with Crippen LogP contribution >= 0.6 is 11.6 Å². The van der Waals surface area contributed by atoms with Gasteiger partial charge in [0.05, 0.1) is 5.02 Å². The highest BCUT2D eigenvalue weighted by Crippen LogP contribution is 2.22. The minimum absolute atomic E-state index is 0.0145. The molecule has 100 valence electrons. The van der Waals surface area contributed by atoms with E-state index >= 15 is 0 Å². The van der Waals surface area contributed by atoms with E-state index < -0.39 is 5.82 Å². The lowest BCUT2D eigenvalue weighted by Gasteiger charge is -2.08. The van der Waals surface area contributed by atoms with E-state index in [-0.39, 0.29) is 24.0 Å². The largest absolute Gasteiger partial charge is 0.489 e. The molecule has 5 heteroatoms. The van der Waals surface area contributed by atoms with E-state index in [1.165, 1.54) is 30.3 Å². The molecule has 0 aliphatic carbocycles. The Morgan fingerprint density at radius 2 is 1.79 bits per heavy atom. The average molecular weight is 284 g/mol. The molecule has 0 saturated heterocycles. The third-order valence-corrected chi connectivity index (χ3v) is 2.84. The van der Waals surface area contributed by atoms with Crippen LogP contribution in [0.4, 0.5) is 8.78 Å². The molecular formula is C14H12ClF2NO. The van der Waals surface area contributed by atoms with Crippen molar-refractivity contribution in [3.05, 3.63) is 64.2 Å². The molecule has 2 aromatic rings. The zero-order valence-electron chi connectivity index (χ0n) is 10.00. The average Bonchev–Trinajstić information content (AvgIpc) is 2.39.